The van der Waals surface area contributed by atoms with E-state index in [1.54, 1.807) is 0 Å². The van der Waals surface area contributed by atoms with Gasteiger partial charge in [-0.15, -0.1) is 0 Å². The second-order valence-electron chi connectivity index (χ2n) is 7.80. The van der Waals surface area contributed by atoms with E-state index >= 15 is 0 Å². The predicted octanol–water partition coefficient (Wildman–Crippen LogP) is 3.44. The van der Waals surface area contributed by atoms with Crippen molar-refractivity contribution in [3.05, 3.63) is 0 Å². The van der Waals surface area contributed by atoms with Crippen LogP contribution in [0.3, 0.4) is 0 Å². The highest BCUT2D eigenvalue weighted by Gasteiger charge is 2.22. The van der Waals surface area contributed by atoms with Crippen LogP contribution < -0.4 is 5.32 Å². The molecule has 3 heteroatoms. The molecule has 1 saturated heterocycles. The highest BCUT2D eigenvalue weighted by atomic mass is 16.2. The normalized spacial score (nSPS) is 17.8. The van der Waals surface area contributed by atoms with Gasteiger partial charge in [-0.1, -0.05) is 34.6 Å². The van der Waals surface area contributed by atoms with Crippen molar-refractivity contribution >= 4 is 5.91 Å². The first-order chi connectivity index (χ1) is 9.28. The van der Waals surface area contributed by atoms with Gasteiger partial charge in [0.25, 0.3) is 0 Å². The molecule has 1 amide bonds. The van der Waals surface area contributed by atoms with Crippen molar-refractivity contribution in [2.24, 2.45) is 11.3 Å². The molecule has 1 aliphatic heterocycles. The van der Waals surface area contributed by atoms with Gasteiger partial charge in [0.05, 0.1) is 0 Å². The van der Waals surface area contributed by atoms with Gasteiger partial charge in [-0.3, -0.25) is 4.79 Å². The molecule has 0 radical (unpaired) electrons. The van der Waals surface area contributed by atoms with E-state index in [-0.39, 0.29) is 0 Å². The van der Waals surface area contributed by atoms with Gasteiger partial charge in [0, 0.05) is 25.6 Å². The van der Waals surface area contributed by atoms with E-state index in [1.807, 2.05) is 0 Å². The van der Waals surface area contributed by atoms with Gasteiger partial charge in [0.15, 0.2) is 0 Å². The Morgan fingerprint density at radius 3 is 2.35 bits per heavy atom. The molecule has 0 atom stereocenters. The van der Waals surface area contributed by atoms with Gasteiger partial charge < -0.3 is 10.2 Å². The van der Waals surface area contributed by atoms with Gasteiger partial charge in [0.2, 0.25) is 5.91 Å². The Bertz CT molecular complexity index is 286. The summed E-state index contributed by atoms with van der Waals surface area (Å²) in [7, 11) is 0. The monoisotopic (exact) mass is 282 g/mol. The molecule has 3 nitrogen and oxygen atoms in total. The number of likely N-dealkylation sites (tertiary alicyclic amines) is 1. The number of nitrogens with one attached hydrogen (secondary N) is 1. The number of carbonyl (C=O) groups excluding carboxylic acids is 1. The molecule has 20 heavy (non-hydrogen) atoms. The topological polar surface area (TPSA) is 32.3 Å². The molecule has 118 valence electrons. The fraction of sp³-hybridized carbons (Fsp3) is 0.941. The Labute approximate surface area is 125 Å². The second kappa shape index (κ2) is 8.02. The van der Waals surface area contributed by atoms with Gasteiger partial charge in [-0.2, -0.15) is 0 Å². The van der Waals surface area contributed by atoms with Crippen LogP contribution in [0.25, 0.3) is 0 Å². The summed E-state index contributed by atoms with van der Waals surface area (Å²) in [4.78, 5) is 14.2. The zero-order chi connectivity index (χ0) is 15.2. The summed E-state index contributed by atoms with van der Waals surface area (Å²) in [5.41, 5.74) is 0.343. The van der Waals surface area contributed by atoms with Crippen LogP contribution in [-0.2, 0) is 4.79 Å². The first-order valence-corrected chi connectivity index (χ1v) is 8.29. The Kier molecular flexibility index (Phi) is 7.01. The third-order valence-electron chi connectivity index (χ3n) is 4.10. The lowest BCUT2D eigenvalue weighted by Gasteiger charge is -2.32. The van der Waals surface area contributed by atoms with Crippen molar-refractivity contribution in [2.45, 2.75) is 72.8 Å². The van der Waals surface area contributed by atoms with Crippen LogP contribution in [0.5, 0.6) is 0 Å². The average Bonchev–Trinajstić information content (AvgIpc) is 2.35. The van der Waals surface area contributed by atoms with Crippen molar-refractivity contribution in [2.75, 3.05) is 19.6 Å². The molecular weight excluding hydrogens is 248 g/mol. The number of rotatable bonds is 6. The summed E-state index contributed by atoms with van der Waals surface area (Å²) in [5.74, 6) is 1.11. The number of hydrogen-bond donors (Lipinski definition) is 1. The maximum absolute atomic E-state index is 12.2. The van der Waals surface area contributed by atoms with Crippen LogP contribution in [0.2, 0.25) is 0 Å². The Balaban J connectivity index is 2.19. The Morgan fingerprint density at radius 1 is 1.25 bits per heavy atom. The lowest BCUT2D eigenvalue weighted by atomic mass is 9.89. The maximum atomic E-state index is 12.2. The molecule has 1 heterocycles. The third-order valence-corrected chi connectivity index (χ3v) is 4.10. The number of hydrogen-bond acceptors (Lipinski definition) is 2. The van der Waals surface area contributed by atoms with E-state index in [1.165, 1.54) is 0 Å². The molecule has 0 saturated carbocycles. The fourth-order valence-electron chi connectivity index (χ4n) is 2.72. The van der Waals surface area contributed by atoms with E-state index in [2.05, 4.69) is 44.8 Å². The first-order valence-electron chi connectivity index (χ1n) is 8.29. The molecule has 0 spiro atoms. The maximum Gasteiger partial charge on any atom is 0.222 e. The molecular formula is C17H34N2O. The zero-order valence-corrected chi connectivity index (χ0v) is 14.2. The first kappa shape index (κ1) is 17.5. The Morgan fingerprint density at radius 2 is 1.85 bits per heavy atom. The van der Waals surface area contributed by atoms with Crippen LogP contribution in [0.4, 0.5) is 0 Å². The summed E-state index contributed by atoms with van der Waals surface area (Å²) in [5, 5.41) is 3.51. The molecule has 1 N–H and O–H groups in total. The summed E-state index contributed by atoms with van der Waals surface area (Å²) >= 11 is 0. The Hall–Kier alpha value is -0.570. The van der Waals surface area contributed by atoms with E-state index in [0.717, 1.165) is 57.7 Å². The van der Waals surface area contributed by atoms with Crippen molar-refractivity contribution in [3.63, 3.8) is 0 Å². The second-order valence-corrected chi connectivity index (χ2v) is 7.80. The van der Waals surface area contributed by atoms with Crippen LogP contribution in [-0.4, -0.2) is 36.5 Å². The largest absolute Gasteiger partial charge is 0.343 e. The van der Waals surface area contributed by atoms with Crippen LogP contribution in [0.15, 0.2) is 0 Å². The standard InChI is InChI=1S/C17H34N2O/c1-14(2)18-13-15-8-11-19(12-9-15)16(20)7-6-10-17(3,4)5/h14-15,18H,6-13H2,1-5H3. The zero-order valence-electron chi connectivity index (χ0n) is 14.2. The van der Waals surface area contributed by atoms with E-state index < -0.39 is 0 Å². The predicted molar refractivity (Wildman–Crippen MR) is 85.7 cm³/mol. The fourth-order valence-corrected chi connectivity index (χ4v) is 2.72. The smallest absolute Gasteiger partial charge is 0.222 e. The van der Waals surface area contributed by atoms with Crippen molar-refractivity contribution in [1.82, 2.24) is 10.2 Å². The SMILES string of the molecule is CC(C)NCC1CCN(C(=O)CCCC(C)(C)C)CC1. The third kappa shape index (κ3) is 7.28. The average molecular weight is 282 g/mol. The molecule has 0 aromatic carbocycles. The lowest BCUT2D eigenvalue weighted by Crippen LogP contribution is -2.41. The number of carbonyl (C=O) groups is 1. The number of piperidine rings is 1. The van der Waals surface area contributed by atoms with Crippen LogP contribution >= 0.6 is 0 Å². The number of nitrogens with zero attached hydrogens (tertiary/aromatic N) is 1. The van der Waals surface area contributed by atoms with Crippen LogP contribution in [0.1, 0.15) is 66.7 Å². The van der Waals surface area contributed by atoms with E-state index in [4.69, 9.17) is 0 Å². The highest BCUT2D eigenvalue weighted by molar-refractivity contribution is 5.76. The summed E-state index contributed by atoms with van der Waals surface area (Å²) in [6.07, 6.45) is 5.20. The van der Waals surface area contributed by atoms with Crippen molar-refractivity contribution in [3.8, 4) is 0 Å². The molecule has 1 fully saturated rings. The molecule has 0 aliphatic carbocycles. The summed E-state index contributed by atoms with van der Waals surface area (Å²) in [6, 6.07) is 0.562. The van der Waals surface area contributed by atoms with Gasteiger partial charge in [0.1, 0.15) is 0 Å². The van der Waals surface area contributed by atoms with Crippen molar-refractivity contribution < 1.29 is 4.79 Å². The van der Waals surface area contributed by atoms with Crippen LogP contribution in [0, 0.1) is 11.3 Å². The highest BCUT2D eigenvalue weighted by Crippen LogP contribution is 2.23. The minimum atomic E-state index is 0.343. The van der Waals surface area contributed by atoms with Crippen molar-refractivity contribution in [1.29, 1.82) is 0 Å². The minimum absolute atomic E-state index is 0.343. The number of amides is 1. The quantitative estimate of drug-likeness (QED) is 0.809. The lowest BCUT2D eigenvalue weighted by molar-refractivity contribution is -0.132. The molecule has 0 bridgehead atoms. The van der Waals surface area contributed by atoms with Gasteiger partial charge >= 0.3 is 0 Å². The van der Waals surface area contributed by atoms with E-state index in [9.17, 15) is 4.79 Å². The van der Waals surface area contributed by atoms with Gasteiger partial charge in [-0.05, 0) is 43.6 Å². The summed E-state index contributed by atoms with van der Waals surface area (Å²) < 4.78 is 0. The van der Waals surface area contributed by atoms with E-state index in [0.29, 0.717) is 17.4 Å². The summed E-state index contributed by atoms with van der Waals surface area (Å²) in [6.45, 7) is 14.1. The molecule has 1 aliphatic rings. The molecule has 0 aromatic rings. The van der Waals surface area contributed by atoms with Gasteiger partial charge in [-0.25, -0.2) is 0 Å². The molecule has 1 rings (SSSR count). The minimum Gasteiger partial charge on any atom is -0.343 e. The molecule has 0 aromatic heterocycles. The molecule has 0 unspecified atom stereocenters.